The Hall–Kier alpha value is -7.24. The number of hydrogen-bond acceptors (Lipinski definition) is 6. The zero-order valence-electron chi connectivity index (χ0n) is 44.1. The first-order valence-corrected chi connectivity index (χ1v) is 29.4. The Kier molecular flexibility index (Phi) is 14.0. The standard InChI is InChI=1S/C40H32.C20H18Br2.C10H9BO2.2N2/c1-3-9-29-23-31(13-11-27(29)7-1)33-15-17-35-36-18-16-34(32-14-12-28-8-2-4-10-30(28)24-32)26-38(36)40-21-5-19-39(40,20-6-22-40)37(35)25-33;21-13-3-5-15-16-6-4-14(22)12-18(16)20-8-1-7-19(20,9-2-10-20)17(15)11-13;12-11(13)10-6-5-8-3-1-2-4-9(8)7-10;2*1-2/h1-4,7-18,23-26H,5-6,19-22H2;3-6,11-12H,1-2,7-10H2;1-7,12-13H;;. The van der Waals surface area contributed by atoms with E-state index in [0.29, 0.717) is 16.3 Å². The van der Waals surface area contributed by atoms with Gasteiger partial charge in [0, 0.05) is 52.2 Å². The summed E-state index contributed by atoms with van der Waals surface area (Å²) in [5.41, 5.74) is 19.6. The van der Waals surface area contributed by atoms with E-state index in [9.17, 15) is 0 Å². The van der Waals surface area contributed by atoms with Gasteiger partial charge in [-0.05, 0) is 204 Å². The third-order valence-electron chi connectivity index (χ3n) is 19.5. The molecule has 16 rings (SSSR count). The molecule has 0 radical (unpaired) electrons. The monoisotopic (exact) mass is 1160 g/mol. The maximum Gasteiger partial charge on any atom is 0.488 e. The van der Waals surface area contributed by atoms with Crippen molar-refractivity contribution < 1.29 is 10.0 Å². The molecule has 4 fully saturated rings. The van der Waals surface area contributed by atoms with E-state index in [1.165, 1.54) is 152 Å². The maximum atomic E-state index is 8.94. The molecule has 4 saturated carbocycles. The molecule has 6 aliphatic rings. The molecule has 2 N–H and O–H groups in total. The van der Waals surface area contributed by atoms with Gasteiger partial charge in [-0.1, -0.05) is 209 Å². The highest BCUT2D eigenvalue weighted by Crippen LogP contribution is 2.71. The van der Waals surface area contributed by atoms with E-state index in [1.54, 1.807) is 34.4 Å². The first kappa shape index (κ1) is 52.5. The molecule has 6 aliphatic carbocycles. The van der Waals surface area contributed by atoms with Crippen LogP contribution in [0.15, 0.2) is 209 Å². The number of benzene rings is 10. The summed E-state index contributed by atoms with van der Waals surface area (Å²) in [6.45, 7) is 0. The van der Waals surface area contributed by atoms with Crippen molar-refractivity contribution in [3.8, 4) is 44.5 Å². The molecule has 0 unspecified atom stereocenters. The van der Waals surface area contributed by atoms with Crippen molar-refractivity contribution in [2.45, 2.75) is 98.7 Å². The van der Waals surface area contributed by atoms with E-state index in [2.05, 4.69) is 190 Å². The smallest absolute Gasteiger partial charge is 0.423 e. The highest BCUT2D eigenvalue weighted by molar-refractivity contribution is 9.10. The van der Waals surface area contributed by atoms with Crippen LogP contribution < -0.4 is 5.46 Å². The first-order chi connectivity index (χ1) is 38.7. The third kappa shape index (κ3) is 8.47. The minimum Gasteiger partial charge on any atom is -0.423 e. The van der Waals surface area contributed by atoms with Crippen molar-refractivity contribution in [1.82, 2.24) is 0 Å². The van der Waals surface area contributed by atoms with Gasteiger partial charge in [-0.2, -0.15) is 0 Å². The summed E-state index contributed by atoms with van der Waals surface area (Å²) < 4.78 is 2.46. The average Bonchev–Trinajstić information content (AvgIpc) is 2.86. The number of halogens is 2. The van der Waals surface area contributed by atoms with Crippen LogP contribution >= 0.6 is 31.9 Å². The van der Waals surface area contributed by atoms with Crippen molar-refractivity contribution in [2.75, 3.05) is 0 Å². The molecular weight excluding hydrogens is 1100 g/mol. The van der Waals surface area contributed by atoms with Crippen molar-refractivity contribution in [1.29, 1.82) is 21.6 Å². The second-order valence-corrected chi connectivity index (χ2v) is 24.6. The van der Waals surface area contributed by atoms with Gasteiger partial charge in [0.15, 0.2) is 0 Å². The van der Waals surface area contributed by atoms with Crippen molar-refractivity contribution in [3.05, 3.63) is 231 Å². The molecule has 0 atom stereocenters. The Morgan fingerprint density at radius 1 is 0.304 bits per heavy atom. The Morgan fingerprint density at radius 2 is 0.582 bits per heavy atom. The average molecular weight is 1160 g/mol. The normalized spacial score (nSPS) is 21.9. The Bertz CT molecular complexity index is 3800. The van der Waals surface area contributed by atoms with Gasteiger partial charge in [0.05, 0.1) is 0 Å². The van der Waals surface area contributed by atoms with Crippen molar-refractivity contribution >= 4 is 76.8 Å². The van der Waals surface area contributed by atoms with Gasteiger partial charge >= 0.3 is 7.12 Å². The summed E-state index contributed by atoms with van der Waals surface area (Å²) in [6.07, 6.45) is 16.1. The summed E-state index contributed by atoms with van der Waals surface area (Å²) in [7, 11) is -1.38. The maximum absolute atomic E-state index is 8.94. The van der Waals surface area contributed by atoms with E-state index in [1.807, 2.05) is 30.3 Å². The van der Waals surface area contributed by atoms with Gasteiger partial charge in [-0.15, -0.1) is 0 Å². The summed E-state index contributed by atoms with van der Waals surface area (Å²) in [6, 6.07) is 73.3. The molecule has 0 bridgehead atoms. The van der Waals surface area contributed by atoms with Gasteiger partial charge in [0.1, 0.15) is 0 Å². The Morgan fingerprint density at radius 3 is 0.937 bits per heavy atom. The molecule has 6 nitrogen and oxygen atoms in total. The predicted molar refractivity (Wildman–Crippen MR) is 328 cm³/mol. The van der Waals surface area contributed by atoms with Crippen LogP contribution in [0.3, 0.4) is 0 Å². The second-order valence-electron chi connectivity index (χ2n) is 22.7. The molecule has 388 valence electrons. The van der Waals surface area contributed by atoms with Gasteiger partial charge in [0.2, 0.25) is 0 Å². The van der Waals surface area contributed by atoms with Crippen LogP contribution in [-0.2, 0) is 21.7 Å². The molecular formula is C70H59BBr2N4O2. The number of hydrogen-bond donors (Lipinski definition) is 2. The fourth-order valence-electron chi connectivity index (χ4n) is 16.4. The second kappa shape index (κ2) is 21.1. The zero-order chi connectivity index (χ0) is 54.5. The number of nitrogens with zero attached hydrogens (tertiary/aromatic N) is 4. The lowest BCUT2D eigenvalue weighted by molar-refractivity contribution is 0.299. The molecule has 0 aliphatic heterocycles. The SMILES string of the molecule is Brc1ccc2c(c1)C13CCCC1(CCC3)c1cc(Br)ccc1-2.N#N.N#N.OB(O)c1ccc2ccccc2c1.c1ccc2cc(-c3ccc4c(c3)C35CCCC3(CCC5)c3cc(-c5ccc6ccccc6c5)ccc3-4)ccc2c1. The van der Waals surface area contributed by atoms with E-state index in [-0.39, 0.29) is 10.8 Å². The summed E-state index contributed by atoms with van der Waals surface area (Å²) in [4.78, 5) is 0. The lowest BCUT2D eigenvalue weighted by Crippen LogP contribution is -2.43. The van der Waals surface area contributed by atoms with Gasteiger partial charge in [-0.3, -0.25) is 0 Å². The van der Waals surface area contributed by atoms with Crippen molar-refractivity contribution in [3.63, 3.8) is 0 Å². The van der Waals surface area contributed by atoms with E-state index in [0.717, 1.165) is 10.8 Å². The molecule has 0 spiro atoms. The molecule has 0 saturated heterocycles. The molecule has 0 aromatic heterocycles. The van der Waals surface area contributed by atoms with E-state index in [4.69, 9.17) is 31.6 Å². The highest BCUT2D eigenvalue weighted by Gasteiger charge is 2.63. The van der Waals surface area contributed by atoms with Crippen LogP contribution in [0.25, 0.3) is 76.8 Å². The lowest BCUT2D eigenvalue weighted by atomic mass is 9.55. The lowest BCUT2D eigenvalue weighted by Gasteiger charge is -2.48. The van der Waals surface area contributed by atoms with Crippen LogP contribution in [0.5, 0.6) is 0 Å². The summed E-state index contributed by atoms with van der Waals surface area (Å²) in [5.74, 6) is 0. The summed E-state index contributed by atoms with van der Waals surface area (Å²) in [5, 5.41) is 49.3. The number of fused-ring (bicyclic) bond motifs is 9. The number of rotatable bonds is 3. The van der Waals surface area contributed by atoms with Gasteiger partial charge in [-0.25, -0.2) is 0 Å². The molecule has 10 aromatic rings. The molecule has 0 heterocycles. The largest absolute Gasteiger partial charge is 0.488 e. The van der Waals surface area contributed by atoms with E-state index < -0.39 is 7.12 Å². The van der Waals surface area contributed by atoms with Crippen LogP contribution in [0, 0.1) is 21.6 Å². The quantitative estimate of drug-likeness (QED) is 0.134. The van der Waals surface area contributed by atoms with Gasteiger partial charge in [0.25, 0.3) is 0 Å². The fraction of sp³-hybridized carbons (Fsp3) is 0.229. The molecule has 79 heavy (non-hydrogen) atoms. The predicted octanol–water partition coefficient (Wildman–Crippen LogP) is 18.2. The summed E-state index contributed by atoms with van der Waals surface area (Å²) >= 11 is 7.45. The van der Waals surface area contributed by atoms with Crippen LogP contribution in [0.4, 0.5) is 0 Å². The van der Waals surface area contributed by atoms with Crippen LogP contribution in [0.1, 0.15) is 99.3 Å². The molecule has 9 heteroatoms. The van der Waals surface area contributed by atoms with Crippen LogP contribution in [-0.4, -0.2) is 17.2 Å². The zero-order valence-corrected chi connectivity index (χ0v) is 47.2. The first-order valence-electron chi connectivity index (χ1n) is 27.8. The minimum absolute atomic E-state index is 0.268. The third-order valence-corrected chi connectivity index (χ3v) is 20.5. The van der Waals surface area contributed by atoms with E-state index >= 15 is 0 Å². The Labute approximate surface area is 479 Å². The minimum atomic E-state index is -1.38. The molecule has 10 aromatic carbocycles. The topological polar surface area (TPSA) is 136 Å². The fourth-order valence-corrected chi connectivity index (χ4v) is 17.1. The van der Waals surface area contributed by atoms with Gasteiger partial charge < -0.3 is 10.0 Å². The van der Waals surface area contributed by atoms with Crippen molar-refractivity contribution in [2.24, 2.45) is 0 Å². The molecule has 0 amide bonds. The highest BCUT2D eigenvalue weighted by atomic mass is 79.9. The van der Waals surface area contributed by atoms with Crippen LogP contribution in [0.2, 0.25) is 0 Å². The Balaban J connectivity index is 0.000000133.